The van der Waals surface area contributed by atoms with Gasteiger partial charge in [-0.15, -0.1) is 0 Å². The summed E-state index contributed by atoms with van der Waals surface area (Å²) in [6.07, 6.45) is 1.61. The number of nitrogens with one attached hydrogen (secondary N) is 2. The van der Waals surface area contributed by atoms with Crippen LogP contribution in [0.5, 0.6) is 11.5 Å². The molecule has 1 aliphatic rings. The van der Waals surface area contributed by atoms with Crippen molar-refractivity contribution in [2.24, 2.45) is 0 Å². The molecule has 0 radical (unpaired) electrons. The lowest BCUT2D eigenvalue weighted by atomic mass is 10.2. The first-order chi connectivity index (χ1) is 15.3. The zero-order chi connectivity index (χ0) is 22.7. The van der Waals surface area contributed by atoms with Gasteiger partial charge >= 0.3 is 0 Å². The number of amides is 2. The number of rotatable bonds is 6. The van der Waals surface area contributed by atoms with Crippen molar-refractivity contribution < 1.29 is 22.7 Å². The molecule has 4 rings (SSSR count). The van der Waals surface area contributed by atoms with E-state index in [2.05, 4.69) is 10.0 Å². The number of halogens is 1. The molecule has 162 valence electrons. The number of benzene rings is 3. The van der Waals surface area contributed by atoms with Gasteiger partial charge in [-0.25, -0.2) is 8.42 Å². The number of imide groups is 1. The van der Waals surface area contributed by atoms with E-state index in [-0.39, 0.29) is 4.90 Å². The molecule has 3 aromatic rings. The molecule has 3 aromatic carbocycles. The number of hydrogen-bond acceptors (Lipinski definition) is 6. The van der Waals surface area contributed by atoms with Crippen LogP contribution in [0.25, 0.3) is 6.08 Å². The monoisotopic (exact) mass is 486 g/mol. The Bertz CT molecular complexity index is 1300. The third-order valence-electron chi connectivity index (χ3n) is 4.29. The van der Waals surface area contributed by atoms with Gasteiger partial charge in [-0.3, -0.25) is 19.6 Å². The van der Waals surface area contributed by atoms with Gasteiger partial charge in [0.25, 0.3) is 21.2 Å². The molecule has 0 aliphatic carbocycles. The molecule has 0 spiro atoms. The zero-order valence-corrected chi connectivity index (χ0v) is 18.6. The van der Waals surface area contributed by atoms with E-state index in [0.717, 1.165) is 17.3 Å². The van der Waals surface area contributed by atoms with Gasteiger partial charge in [0.05, 0.1) is 9.80 Å². The molecule has 1 saturated heterocycles. The third-order valence-corrected chi connectivity index (χ3v) is 6.75. The Labute approximate surface area is 193 Å². The highest BCUT2D eigenvalue weighted by Crippen LogP contribution is 2.28. The predicted molar refractivity (Wildman–Crippen MR) is 124 cm³/mol. The van der Waals surface area contributed by atoms with Crippen LogP contribution in [0.15, 0.2) is 82.6 Å². The lowest BCUT2D eigenvalue weighted by Crippen LogP contribution is -2.17. The van der Waals surface area contributed by atoms with Crippen LogP contribution in [-0.2, 0) is 14.8 Å². The standard InChI is InChI=1S/C22H15ClN2O5S2/c23-15-3-5-16(6-4-15)25-32(28,29)19-11-9-18(10-12-19)30-17-7-1-14(2-8-17)13-20-21(26)24-22(27)31-20/h1-13,25H,(H,24,26,27)/b20-13+. The molecule has 1 aliphatic heterocycles. The van der Waals surface area contributed by atoms with Crippen molar-refractivity contribution in [3.63, 3.8) is 0 Å². The number of carbonyl (C=O) groups excluding carboxylic acids is 2. The maximum atomic E-state index is 12.5. The molecule has 1 fully saturated rings. The van der Waals surface area contributed by atoms with Gasteiger partial charge < -0.3 is 4.74 Å². The number of carbonyl (C=O) groups is 2. The Kier molecular flexibility index (Phi) is 6.22. The number of hydrogen-bond donors (Lipinski definition) is 2. The van der Waals surface area contributed by atoms with Crippen molar-refractivity contribution in [1.82, 2.24) is 5.32 Å². The molecular weight excluding hydrogens is 472 g/mol. The molecule has 2 N–H and O–H groups in total. The van der Waals surface area contributed by atoms with Crippen molar-refractivity contribution in [3.8, 4) is 11.5 Å². The first kappa shape index (κ1) is 21.9. The van der Waals surface area contributed by atoms with Gasteiger partial charge in [-0.05, 0) is 84.1 Å². The smallest absolute Gasteiger partial charge is 0.290 e. The van der Waals surface area contributed by atoms with Crippen LogP contribution in [-0.4, -0.2) is 19.6 Å². The van der Waals surface area contributed by atoms with E-state index < -0.39 is 21.2 Å². The largest absolute Gasteiger partial charge is 0.457 e. The van der Waals surface area contributed by atoms with Crippen LogP contribution in [0.2, 0.25) is 5.02 Å². The normalized spacial score (nSPS) is 15.0. The van der Waals surface area contributed by atoms with E-state index in [4.69, 9.17) is 16.3 Å². The van der Waals surface area contributed by atoms with E-state index in [1.54, 1.807) is 66.7 Å². The summed E-state index contributed by atoms with van der Waals surface area (Å²) in [6.45, 7) is 0. The average Bonchev–Trinajstić information content (AvgIpc) is 3.08. The zero-order valence-electron chi connectivity index (χ0n) is 16.2. The topological polar surface area (TPSA) is 102 Å². The summed E-state index contributed by atoms with van der Waals surface area (Å²) in [5.41, 5.74) is 1.14. The molecule has 0 saturated carbocycles. The highest BCUT2D eigenvalue weighted by atomic mass is 35.5. The summed E-state index contributed by atoms with van der Waals surface area (Å²) in [5.74, 6) is 0.570. The molecule has 0 bridgehead atoms. The van der Waals surface area contributed by atoms with Crippen molar-refractivity contribution in [3.05, 3.63) is 88.3 Å². The molecule has 0 aromatic heterocycles. The second-order valence-corrected chi connectivity index (χ2v) is 9.74. The highest BCUT2D eigenvalue weighted by molar-refractivity contribution is 8.18. The SMILES string of the molecule is O=C1NC(=O)/C(=C\c2ccc(Oc3ccc(S(=O)(=O)Nc4ccc(Cl)cc4)cc3)cc2)S1. The molecule has 7 nitrogen and oxygen atoms in total. The third kappa shape index (κ3) is 5.31. The summed E-state index contributed by atoms with van der Waals surface area (Å²) in [6, 6.07) is 19.2. The molecule has 10 heteroatoms. The summed E-state index contributed by atoms with van der Waals surface area (Å²) < 4.78 is 33.3. The average molecular weight is 487 g/mol. The summed E-state index contributed by atoms with van der Waals surface area (Å²) in [5, 5.41) is 2.32. The van der Waals surface area contributed by atoms with Crippen molar-refractivity contribution in [2.75, 3.05) is 4.72 Å². The van der Waals surface area contributed by atoms with Crippen LogP contribution in [0.1, 0.15) is 5.56 Å². The van der Waals surface area contributed by atoms with Gasteiger partial charge in [0, 0.05) is 10.7 Å². The lowest BCUT2D eigenvalue weighted by molar-refractivity contribution is -0.115. The van der Waals surface area contributed by atoms with Crippen LogP contribution in [0.4, 0.5) is 10.5 Å². The van der Waals surface area contributed by atoms with Gasteiger partial charge in [0.1, 0.15) is 11.5 Å². The molecule has 0 unspecified atom stereocenters. The van der Waals surface area contributed by atoms with Gasteiger partial charge in [0.2, 0.25) is 0 Å². The number of thioether (sulfide) groups is 1. The summed E-state index contributed by atoms with van der Waals surface area (Å²) in [4.78, 5) is 23.3. The highest BCUT2D eigenvalue weighted by Gasteiger charge is 2.24. The Balaban J connectivity index is 1.42. The van der Waals surface area contributed by atoms with E-state index in [0.29, 0.717) is 27.1 Å². The van der Waals surface area contributed by atoms with Crippen LogP contribution < -0.4 is 14.8 Å². The molecule has 0 atom stereocenters. The fraction of sp³-hybridized carbons (Fsp3) is 0. The minimum absolute atomic E-state index is 0.0867. The number of anilines is 1. The van der Waals surface area contributed by atoms with Crippen LogP contribution in [0.3, 0.4) is 0 Å². The van der Waals surface area contributed by atoms with Gasteiger partial charge in [0.15, 0.2) is 0 Å². The fourth-order valence-electron chi connectivity index (χ4n) is 2.76. The van der Waals surface area contributed by atoms with Crippen molar-refractivity contribution >= 4 is 56.3 Å². The first-order valence-electron chi connectivity index (χ1n) is 9.20. The molecule has 1 heterocycles. The van der Waals surface area contributed by atoms with E-state index in [1.807, 2.05) is 0 Å². The minimum Gasteiger partial charge on any atom is -0.457 e. The predicted octanol–water partition coefficient (Wildman–Crippen LogP) is 5.26. The van der Waals surface area contributed by atoms with E-state index in [1.165, 1.54) is 12.1 Å². The Morgan fingerprint density at radius 1 is 0.875 bits per heavy atom. The van der Waals surface area contributed by atoms with E-state index in [9.17, 15) is 18.0 Å². The van der Waals surface area contributed by atoms with Crippen molar-refractivity contribution in [1.29, 1.82) is 0 Å². The maximum Gasteiger partial charge on any atom is 0.290 e. The van der Waals surface area contributed by atoms with Crippen molar-refractivity contribution in [2.45, 2.75) is 4.90 Å². The Morgan fingerprint density at radius 2 is 1.47 bits per heavy atom. The molecule has 32 heavy (non-hydrogen) atoms. The van der Waals surface area contributed by atoms with Gasteiger partial charge in [-0.1, -0.05) is 23.7 Å². The van der Waals surface area contributed by atoms with Gasteiger partial charge in [-0.2, -0.15) is 0 Å². The lowest BCUT2D eigenvalue weighted by Gasteiger charge is -2.10. The quantitative estimate of drug-likeness (QED) is 0.461. The van der Waals surface area contributed by atoms with E-state index >= 15 is 0 Å². The first-order valence-corrected chi connectivity index (χ1v) is 11.9. The van der Waals surface area contributed by atoms with Crippen LogP contribution >= 0.6 is 23.4 Å². The second-order valence-electron chi connectivity index (χ2n) is 6.61. The number of ether oxygens (including phenoxy) is 1. The summed E-state index contributed by atoms with van der Waals surface area (Å²) >= 11 is 6.67. The molecular formula is C22H15ClN2O5S2. The second kappa shape index (κ2) is 9.07. The fourth-order valence-corrected chi connectivity index (χ4v) is 4.63. The molecule has 2 amide bonds. The Hall–Kier alpha value is -3.27. The summed E-state index contributed by atoms with van der Waals surface area (Å²) in [7, 11) is -3.76. The minimum atomic E-state index is -3.76. The number of sulfonamides is 1. The maximum absolute atomic E-state index is 12.5. The van der Waals surface area contributed by atoms with Crippen LogP contribution in [0, 0.1) is 0 Å². The Morgan fingerprint density at radius 3 is 2.03 bits per heavy atom.